The van der Waals surface area contributed by atoms with E-state index in [9.17, 15) is 22.4 Å². The first-order valence-corrected chi connectivity index (χ1v) is 7.74. The fourth-order valence-electron chi connectivity index (χ4n) is 3.20. The predicted octanol–water partition coefficient (Wildman–Crippen LogP) is 2.96. The summed E-state index contributed by atoms with van der Waals surface area (Å²) in [6.45, 7) is 1.42. The maximum absolute atomic E-state index is 14.0. The van der Waals surface area contributed by atoms with E-state index in [1.807, 2.05) is 0 Å². The number of rotatable bonds is 3. The van der Waals surface area contributed by atoms with Crippen molar-refractivity contribution in [2.24, 2.45) is 0 Å². The number of benzene rings is 1. The summed E-state index contributed by atoms with van der Waals surface area (Å²) < 4.78 is 53.5. The van der Waals surface area contributed by atoms with Crippen molar-refractivity contribution in [3.63, 3.8) is 0 Å². The highest BCUT2D eigenvalue weighted by Gasteiger charge is 2.46. The first kappa shape index (κ1) is 16.2. The second kappa shape index (κ2) is 6.11. The Kier molecular flexibility index (Phi) is 4.31. The monoisotopic (exact) mass is 330 g/mol. The summed E-state index contributed by atoms with van der Waals surface area (Å²) in [5, 5.41) is 5.58. The van der Waals surface area contributed by atoms with E-state index >= 15 is 0 Å². The van der Waals surface area contributed by atoms with Crippen molar-refractivity contribution in [2.75, 3.05) is 13.1 Å². The molecule has 1 aromatic carbocycles. The topological polar surface area (TPSA) is 41.1 Å². The van der Waals surface area contributed by atoms with E-state index < -0.39 is 42.3 Å². The van der Waals surface area contributed by atoms with Gasteiger partial charge in [-0.1, -0.05) is 0 Å². The zero-order valence-corrected chi connectivity index (χ0v) is 12.5. The Bertz CT molecular complexity index is 606. The van der Waals surface area contributed by atoms with Gasteiger partial charge in [-0.05, 0) is 49.5 Å². The Labute approximate surface area is 131 Å². The van der Waals surface area contributed by atoms with Gasteiger partial charge in [-0.2, -0.15) is 0 Å². The minimum atomic E-state index is -2.74. The smallest absolute Gasteiger partial charge is 0.252 e. The maximum atomic E-state index is 14.0. The second-order valence-corrected chi connectivity index (χ2v) is 6.32. The quantitative estimate of drug-likeness (QED) is 0.837. The van der Waals surface area contributed by atoms with E-state index in [4.69, 9.17) is 0 Å². The van der Waals surface area contributed by atoms with Gasteiger partial charge in [0.2, 0.25) is 0 Å². The molecule has 126 valence electrons. The van der Waals surface area contributed by atoms with E-state index in [2.05, 4.69) is 10.6 Å². The molecular weight excluding hydrogens is 312 g/mol. The molecule has 0 radical (unpaired) electrons. The van der Waals surface area contributed by atoms with Gasteiger partial charge in [0.15, 0.2) is 11.6 Å². The number of hydrogen-bond acceptors (Lipinski definition) is 2. The van der Waals surface area contributed by atoms with Crippen LogP contribution in [-0.2, 0) is 0 Å². The Hall–Kier alpha value is -1.63. The van der Waals surface area contributed by atoms with Crippen LogP contribution in [0.5, 0.6) is 0 Å². The van der Waals surface area contributed by atoms with E-state index in [0.717, 1.165) is 6.07 Å². The number of carbonyl (C=O) groups is 1. The molecule has 1 saturated heterocycles. The molecule has 3 nitrogen and oxygen atoms in total. The number of amides is 1. The van der Waals surface area contributed by atoms with Crippen LogP contribution in [0.15, 0.2) is 12.1 Å². The summed E-state index contributed by atoms with van der Waals surface area (Å²) in [5.41, 5.74) is 0.170. The molecule has 1 amide bonds. The Morgan fingerprint density at radius 3 is 2.43 bits per heavy atom. The van der Waals surface area contributed by atoms with Gasteiger partial charge in [0, 0.05) is 24.4 Å². The molecule has 0 bridgehead atoms. The SMILES string of the molecule is O=C(NC1CC(F)(F)C1)c1cc(F)c(F)c(C2CCNCC2)c1. The van der Waals surface area contributed by atoms with Crippen LogP contribution in [0.25, 0.3) is 0 Å². The molecule has 2 aliphatic rings. The molecule has 1 heterocycles. The summed E-state index contributed by atoms with van der Waals surface area (Å²) in [6, 6.07) is 1.56. The van der Waals surface area contributed by atoms with Crippen molar-refractivity contribution in [3.8, 4) is 0 Å². The van der Waals surface area contributed by atoms with Gasteiger partial charge in [0.05, 0.1) is 0 Å². The first-order valence-electron chi connectivity index (χ1n) is 7.74. The zero-order chi connectivity index (χ0) is 16.6. The average molecular weight is 330 g/mol. The third-order valence-corrected chi connectivity index (χ3v) is 4.52. The van der Waals surface area contributed by atoms with Gasteiger partial charge in [0.1, 0.15) is 0 Å². The van der Waals surface area contributed by atoms with Crippen molar-refractivity contribution < 1.29 is 22.4 Å². The number of piperidine rings is 1. The molecule has 1 aliphatic carbocycles. The molecular formula is C16H18F4N2O. The third-order valence-electron chi connectivity index (χ3n) is 4.52. The van der Waals surface area contributed by atoms with Crippen molar-refractivity contribution >= 4 is 5.91 Å². The molecule has 23 heavy (non-hydrogen) atoms. The fraction of sp³-hybridized carbons (Fsp3) is 0.562. The van der Waals surface area contributed by atoms with Crippen LogP contribution < -0.4 is 10.6 Å². The number of nitrogens with one attached hydrogen (secondary N) is 2. The molecule has 7 heteroatoms. The van der Waals surface area contributed by atoms with Crippen LogP contribution in [0.2, 0.25) is 0 Å². The summed E-state index contributed by atoms with van der Waals surface area (Å²) in [5.74, 6) is -5.54. The predicted molar refractivity (Wildman–Crippen MR) is 76.6 cm³/mol. The van der Waals surface area contributed by atoms with E-state index in [-0.39, 0.29) is 17.0 Å². The molecule has 1 aromatic rings. The molecule has 0 unspecified atom stereocenters. The third kappa shape index (κ3) is 3.49. The highest BCUT2D eigenvalue weighted by atomic mass is 19.3. The van der Waals surface area contributed by atoms with Crippen molar-refractivity contribution in [2.45, 2.75) is 43.6 Å². The van der Waals surface area contributed by atoms with Crippen LogP contribution >= 0.6 is 0 Å². The molecule has 0 atom stereocenters. The maximum Gasteiger partial charge on any atom is 0.252 e. The van der Waals surface area contributed by atoms with Crippen molar-refractivity contribution in [1.29, 1.82) is 0 Å². The van der Waals surface area contributed by atoms with Crippen LogP contribution in [-0.4, -0.2) is 31.0 Å². The Morgan fingerprint density at radius 2 is 1.83 bits per heavy atom. The van der Waals surface area contributed by atoms with Gasteiger partial charge in [-0.15, -0.1) is 0 Å². The minimum Gasteiger partial charge on any atom is -0.349 e. The average Bonchev–Trinajstić information content (AvgIpc) is 2.48. The lowest BCUT2D eigenvalue weighted by atomic mass is 9.87. The summed E-state index contributed by atoms with van der Waals surface area (Å²) in [6.07, 6.45) is 0.500. The summed E-state index contributed by atoms with van der Waals surface area (Å²) >= 11 is 0. The molecule has 0 aromatic heterocycles. The molecule has 2 fully saturated rings. The minimum absolute atomic E-state index is 0.0207. The number of carbonyl (C=O) groups excluding carboxylic acids is 1. The van der Waals surface area contributed by atoms with Gasteiger partial charge < -0.3 is 10.6 Å². The molecule has 1 saturated carbocycles. The van der Waals surface area contributed by atoms with Crippen LogP contribution in [0.3, 0.4) is 0 Å². The van der Waals surface area contributed by atoms with Gasteiger partial charge >= 0.3 is 0 Å². The van der Waals surface area contributed by atoms with Crippen molar-refractivity contribution in [1.82, 2.24) is 10.6 Å². The Morgan fingerprint density at radius 1 is 1.17 bits per heavy atom. The first-order chi connectivity index (χ1) is 10.9. The zero-order valence-electron chi connectivity index (χ0n) is 12.5. The highest BCUT2D eigenvalue weighted by Crippen LogP contribution is 2.37. The van der Waals surface area contributed by atoms with Gasteiger partial charge in [0.25, 0.3) is 11.8 Å². The lowest BCUT2D eigenvalue weighted by Crippen LogP contribution is -2.50. The second-order valence-electron chi connectivity index (χ2n) is 6.32. The standard InChI is InChI=1S/C16H18F4N2O/c17-13-6-10(15(23)22-11-7-16(19,20)8-11)5-12(14(13)18)9-1-3-21-4-2-9/h5-6,9,11,21H,1-4,7-8H2,(H,22,23). The molecule has 0 spiro atoms. The largest absolute Gasteiger partial charge is 0.349 e. The number of hydrogen-bond donors (Lipinski definition) is 2. The van der Waals surface area contributed by atoms with E-state index in [1.165, 1.54) is 6.07 Å². The summed E-state index contributed by atoms with van der Waals surface area (Å²) in [4.78, 5) is 12.1. The van der Waals surface area contributed by atoms with Crippen molar-refractivity contribution in [3.05, 3.63) is 34.9 Å². The molecule has 2 N–H and O–H groups in total. The van der Waals surface area contributed by atoms with Crippen LogP contribution in [0, 0.1) is 11.6 Å². The lowest BCUT2D eigenvalue weighted by molar-refractivity contribution is -0.0901. The van der Waals surface area contributed by atoms with E-state index in [1.54, 1.807) is 0 Å². The normalized spacial score (nSPS) is 21.7. The highest BCUT2D eigenvalue weighted by molar-refractivity contribution is 5.94. The number of halogens is 4. The fourth-order valence-corrected chi connectivity index (χ4v) is 3.20. The van der Waals surface area contributed by atoms with Crippen LogP contribution in [0.1, 0.15) is 47.5 Å². The van der Waals surface area contributed by atoms with Gasteiger partial charge in [-0.25, -0.2) is 17.6 Å². The van der Waals surface area contributed by atoms with E-state index in [0.29, 0.717) is 25.9 Å². The Balaban J connectivity index is 1.76. The molecule has 3 rings (SSSR count). The lowest BCUT2D eigenvalue weighted by Gasteiger charge is -2.35. The summed E-state index contributed by atoms with van der Waals surface area (Å²) in [7, 11) is 0. The number of alkyl halides is 2. The van der Waals surface area contributed by atoms with Gasteiger partial charge in [-0.3, -0.25) is 4.79 Å². The van der Waals surface area contributed by atoms with Crippen LogP contribution in [0.4, 0.5) is 17.6 Å². The molecule has 1 aliphatic heterocycles.